The minimum absolute atomic E-state index is 0.0338. The van der Waals surface area contributed by atoms with E-state index in [-0.39, 0.29) is 10.4 Å². The van der Waals surface area contributed by atoms with E-state index in [2.05, 4.69) is 4.98 Å². The highest BCUT2D eigenvalue weighted by molar-refractivity contribution is 7.71. The second-order valence-corrected chi connectivity index (χ2v) is 11.6. The molecule has 6 atom stereocenters. The number of alkyl halides is 3. The second kappa shape index (κ2) is 11.7. The van der Waals surface area contributed by atoms with E-state index < -0.39 is 74.6 Å². The Morgan fingerprint density at radius 1 is 1.26 bits per heavy atom. The van der Waals surface area contributed by atoms with Gasteiger partial charge in [0.15, 0.2) is 12.3 Å². The number of carbonyl (C=O) groups is 1. The average Bonchev–Trinajstić information content (AvgIpc) is 3.05. The number of benzene rings is 1. The van der Waals surface area contributed by atoms with E-state index >= 15 is 8.78 Å². The van der Waals surface area contributed by atoms with Crippen LogP contribution in [0.5, 0.6) is 5.75 Å². The first kappa shape index (κ1) is 30.0. The number of para-hydroxylation sites is 1. The monoisotopic (exact) mass is 580 g/mol. The minimum Gasteiger partial charge on any atom is -0.463 e. The summed E-state index contributed by atoms with van der Waals surface area (Å²) in [5, 5.41) is 10.5. The van der Waals surface area contributed by atoms with Gasteiger partial charge < -0.3 is 19.1 Å². The highest BCUT2D eigenvalue weighted by atomic mass is 32.1. The van der Waals surface area contributed by atoms with Crippen LogP contribution in [-0.2, 0) is 23.4 Å². The largest absolute Gasteiger partial charge is 0.463 e. The minimum atomic E-state index is -4.41. The number of aromatic amines is 1. The Kier molecular flexibility index (Phi) is 9.25. The van der Waals surface area contributed by atoms with Gasteiger partial charge in [-0.3, -0.25) is 18.9 Å². The van der Waals surface area contributed by atoms with Crippen molar-refractivity contribution in [2.75, 3.05) is 19.4 Å². The van der Waals surface area contributed by atoms with E-state index in [1.54, 1.807) is 32.0 Å². The Morgan fingerprint density at radius 2 is 1.92 bits per heavy atom. The molecule has 38 heavy (non-hydrogen) atoms. The van der Waals surface area contributed by atoms with Gasteiger partial charge in [-0.05, 0) is 32.0 Å². The molecule has 0 aliphatic carbocycles. The van der Waals surface area contributed by atoms with Crippen LogP contribution in [0.25, 0.3) is 0 Å². The number of nitrogens with zero attached hydrogens (tertiary/aromatic N) is 1. The number of hydrogen-bond donors (Lipinski definition) is 2. The van der Waals surface area contributed by atoms with Crippen molar-refractivity contribution in [3.63, 3.8) is 0 Å². The Balaban J connectivity index is 1.89. The number of hydrogen-bond acceptors (Lipinski definition) is 9. The van der Waals surface area contributed by atoms with Gasteiger partial charge in [-0.15, -0.1) is 0 Å². The maximum Gasteiger partial charge on any atom is 0.380 e. The number of esters is 1. The Bertz CT molecular complexity index is 1300. The van der Waals surface area contributed by atoms with Crippen LogP contribution in [0.15, 0.2) is 47.4 Å². The van der Waals surface area contributed by atoms with Crippen LogP contribution in [0.3, 0.4) is 0 Å². The van der Waals surface area contributed by atoms with Crippen molar-refractivity contribution >= 4 is 25.8 Å². The molecule has 210 valence electrons. The molecular formula is C23H28F3N2O8PS. The summed E-state index contributed by atoms with van der Waals surface area (Å²) in [4.78, 5) is 26.7. The zero-order valence-electron chi connectivity index (χ0n) is 20.7. The van der Waals surface area contributed by atoms with E-state index in [1.165, 1.54) is 19.1 Å². The summed E-state index contributed by atoms with van der Waals surface area (Å²) in [7, 11) is -4.41. The fourth-order valence-electron chi connectivity index (χ4n) is 3.70. The Labute approximate surface area is 221 Å². The first-order valence-electron chi connectivity index (χ1n) is 11.5. The van der Waals surface area contributed by atoms with Crippen LogP contribution in [0, 0.1) is 10.6 Å². The molecule has 1 aliphatic rings. The topological polar surface area (TPSA) is 129 Å². The number of aromatic nitrogens is 2. The van der Waals surface area contributed by atoms with E-state index in [4.69, 9.17) is 30.7 Å². The molecule has 1 saturated heterocycles. The number of carbonyl (C=O) groups excluding carboxylic acids is 1. The van der Waals surface area contributed by atoms with Crippen molar-refractivity contribution in [1.29, 1.82) is 0 Å². The van der Waals surface area contributed by atoms with Gasteiger partial charge in [-0.25, -0.2) is 22.5 Å². The van der Waals surface area contributed by atoms with Gasteiger partial charge in [0.1, 0.15) is 23.7 Å². The third-order valence-electron chi connectivity index (χ3n) is 5.59. The van der Waals surface area contributed by atoms with Gasteiger partial charge >= 0.3 is 19.3 Å². The molecule has 15 heteroatoms. The summed E-state index contributed by atoms with van der Waals surface area (Å²) in [5.41, 5.74) is -4.48. The molecule has 3 rings (SSSR count). The summed E-state index contributed by atoms with van der Waals surface area (Å²) >= 11 is 4.80. The summed E-state index contributed by atoms with van der Waals surface area (Å²) in [6.07, 6.45) is -5.19. The standard InChI is InChI=1S/C23H28F3N2O8PS/c1-14(2)34-18(29)15(3)11-37(32,36-16-7-5-4-6-8-16)33-13-23(26)19(30)22(25,12-24)20(35-23)28-10-9-17(38)27-21(28)31/h4-10,14-15,19-20,30H,11-13H2,1-3H3,(H,27,31,38)/t15-,19-,20-,22?,23-,37?/m1/s1. The van der Waals surface area contributed by atoms with E-state index in [0.717, 1.165) is 12.3 Å². The van der Waals surface area contributed by atoms with Crippen LogP contribution in [0.4, 0.5) is 13.2 Å². The van der Waals surface area contributed by atoms with Crippen LogP contribution in [-0.4, -0.2) is 63.8 Å². The molecule has 0 radical (unpaired) electrons. The maximum absolute atomic E-state index is 15.9. The number of ether oxygens (including phenoxy) is 2. The van der Waals surface area contributed by atoms with Gasteiger partial charge in [0.25, 0.3) is 5.85 Å². The number of rotatable bonds is 11. The lowest BCUT2D eigenvalue weighted by Crippen LogP contribution is -2.50. The van der Waals surface area contributed by atoms with Crippen molar-refractivity contribution in [2.24, 2.45) is 5.92 Å². The van der Waals surface area contributed by atoms with Crippen molar-refractivity contribution in [3.05, 3.63) is 57.7 Å². The lowest BCUT2D eigenvalue weighted by Gasteiger charge is -2.28. The lowest BCUT2D eigenvalue weighted by atomic mass is 9.96. The van der Waals surface area contributed by atoms with Crippen molar-refractivity contribution in [3.8, 4) is 5.75 Å². The molecule has 0 bridgehead atoms. The molecule has 0 amide bonds. The number of nitrogens with one attached hydrogen (secondary N) is 1. The Hall–Kier alpha value is -2.51. The van der Waals surface area contributed by atoms with Gasteiger partial charge in [-0.2, -0.15) is 0 Å². The number of halogens is 3. The van der Waals surface area contributed by atoms with E-state index in [9.17, 15) is 23.7 Å². The van der Waals surface area contributed by atoms with Gasteiger partial charge in [0.05, 0.1) is 18.2 Å². The molecule has 10 nitrogen and oxygen atoms in total. The van der Waals surface area contributed by atoms with E-state index in [0.29, 0.717) is 4.57 Å². The summed E-state index contributed by atoms with van der Waals surface area (Å²) in [5.74, 6) is -5.20. The predicted molar refractivity (Wildman–Crippen MR) is 132 cm³/mol. The number of aliphatic hydroxyl groups excluding tert-OH is 1. The van der Waals surface area contributed by atoms with Crippen LogP contribution in [0.1, 0.15) is 27.0 Å². The van der Waals surface area contributed by atoms with Gasteiger partial charge in [-0.1, -0.05) is 37.3 Å². The van der Waals surface area contributed by atoms with E-state index in [1.807, 2.05) is 0 Å². The van der Waals surface area contributed by atoms with Crippen LogP contribution < -0.4 is 10.2 Å². The fourth-order valence-corrected chi connectivity index (χ4v) is 5.71. The maximum atomic E-state index is 15.9. The molecule has 1 aromatic heterocycles. The lowest BCUT2D eigenvalue weighted by molar-refractivity contribution is -0.203. The predicted octanol–water partition coefficient (Wildman–Crippen LogP) is 4.02. The summed E-state index contributed by atoms with van der Waals surface area (Å²) < 4.78 is 80.2. The first-order valence-corrected chi connectivity index (χ1v) is 13.7. The average molecular weight is 581 g/mol. The molecule has 0 saturated carbocycles. The fraction of sp³-hybridized carbons (Fsp3) is 0.522. The molecule has 2 N–H and O–H groups in total. The number of H-pyrrole nitrogens is 1. The summed E-state index contributed by atoms with van der Waals surface area (Å²) in [6, 6.07) is 8.77. The summed E-state index contributed by atoms with van der Waals surface area (Å²) in [6.45, 7) is 1.27. The van der Waals surface area contributed by atoms with Crippen molar-refractivity contribution in [2.45, 2.75) is 50.7 Å². The quantitative estimate of drug-likeness (QED) is 0.230. The molecule has 1 aliphatic heterocycles. The number of aliphatic hydroxyl groups is 1. The molecule has 0 spiro atoms. The highest BCUT2D eigenvalue weighted by Crippen LogP contribution is 2.54. The SMILES string of the molecule is CC(C)OC(=O)[C@H](C)CP(=O)(OC[C@@]1(F)O[C@@H](n2ccc(=S)[nH]c2=O)C(F)(CF)[C@H]1O)Oc1ccccc1. The third-order valence-corrected chi connectivity index (χ3v) is 7.83. The zero-order chi connectivity index (χ0) is 28.3. The second-order valence-electron chi connectivity index (χ2n) is 9.09. The molecule has 2 aromatic rings. The zero-order valence-corrected chi connectivity index (χ0v) is 22.4. The molecular weight excluding hydrogens is 552 g/mol. The Morgan fingerprint density at radius 3 is 2.50 bits per heavy atom. The third kappa shape index (κ3) is 6.55. The molecule has 2 heterocycles. The van der Waals surface area contributed by atoms with Crippen molar-refractivity contribution in [1.82, 2.24) is 9.55 Å². The van der Waals surface area contributed by atoms with Gasteiger partial charge in [0, 0.05) is 6.20 Å². The highest BCUT2D eigenvalue weighted by Gasteiger charge is 2.67. The van der Waals surface area contributed by atoms with Crippen LogP contribution in [0.2, 0.25) is 0 Å². The smallest absolute Gasteiger partial charge is 0.380 e. The van der Waals surface area contributed by atoms with Crippen molar-refractivity contribution < 1.29 is 46.2 Å². The molecule has 1 aromatic carbocycles. The first-order chi connectivity index (χ1) is 17.7. The molecule has 2 unspecified atom stereocenters. The normalized spacial score (nSPS) is 27.6. The van der Waals surface area contributed by atoms with Gasteiger partial charge in [0.2, 0.25) is 5.67 Å². The van der Waals surface area contributed by atoms with Crippen LogP contribution >= 0.6 is 19.8 Å². The molecule has 1 fully saturated rings.